The molecular weight excluding hydrogens is 362 g/mol. The zero-order valence-electron chi connectivity index (χ0n) is 15.7. The van der Waals surface area contributed by atoms with Gasteiger partial charge in [-0.05, 0) is 43.3 Å². The quantitative estimate of drug-likeness (QED) is 0.563. The molecule has 0 N–H and O–H groups in total. The first-order valence-electron chi connectivity index (χ1n) is 8.89. The first kappa shape index (κ1) is 19.4. The van der Waals surface area contributed by atoms with Crippen LogP contribution in [0.5, 0.6) is 11.5 Å². The van der Waals surface area contributed by atoms with Gasteiger partial charge in [-0.25, -0.2) is 0 Å². The summed E-state index contributed by atoms with van der Waals surface area (Å²) < 4.78 is 15.9. The number of carbonyl (C=O) groups is 3. The number of amides is 1. The van der Waals surface area contributed by atoms with E-state index in [0.717, 1.165) is 0 Å². The van der Waals surface area contributed by atoms with Crippen LogP contribution in [0.25, 0.3) is 0 Å². The predicted octanol–water partition coefficient (Wildman–Crippen LogP) is 2.63. The highest BCUT2D eigenvalue weighted by Crippen LogP contribution is 2.30. The number of rotatable bonds is 6. The zero-order valence-corrected chi connectivity index (χ0v) is 15.7. The molecule has 0 spiro atoms. The van der Waals surface area contributed by atoms with Crippen LogP contribution in [0.1, 0.15) is 23.7 Å². The number of Topliss-reactive ketones (excluding diaryl/α,β-unsaturated/α-hetero) is 1. The summed E-state index contributed by atoms with van der Waals surface area (Å²) in [5, 5.41) is 0. The maximum Gasteiger partial charge on any atom is 0.326 e. The molecule has 1 aliphatic heterocycles. The second-order valence-electron chi connectivity index (χ2n) is 6.27. The molecule has 1 atom stereocenters. The van der Waals surface area contributed by atoms with Gasteiger partial charge in [0.25, 0.3) is 0 Å². The van der Waals surface area contributed by atoms with Crippen molar-refractivity contribution in [3.05, 3.63) is 54.1 Å². The van der Waals surface area contributed by atoms with Gasteiger partial charge in [0.2, 0.25) is 11.7 Å². The highest BCUT2D eigenvalue weighted by atomic mass is 16.5. The molecule has 0 aromatic heterocycles. The molecule has 0 bridgehead atoms. The Morgan fingerprint density at radius 1 is 1.14 bits per heavy atom. The minimum atomic E-state index is -0.977. The second kappa shape index (κ2) is 8.56. The van der Waals surface area contributed by atoms with Crippen LogP contribution < -0.4 is 14.4 Å². The van der Waals surface area contributed by atoms with Crippen molar-refractivity contribution >= 4 is 23.3 Å². The summed E-state index contributed by atoms with van der Waals surface area (Å²) in [5.41, 5.74) is 0.918. The van der Waals surface area contributed by atoms with Crippen molar-refractivity contribution in [1.82, 2.24) is 0 Å². The lowest BCUT2D eigenvalue weighted by atomic mass is 10.1. The van der Waals surface area contributed by atoms with E-state index < -0.39 is 12.1 Å². The van der Waals surface area contributed by atoms with Crippen molar-refractivity contribution in [1.29, 1.82) is 0 Å². The molecule has 0 fully saturated rings. The Kier molecular flexibility index (Phi) is 5.93. The Bertz CT molecular complexity index is 877. The fourth-order valence-electron chi connectivity index (χ4n) is 2.90. The average Bonchev–Trinajstić information content (AvgIpc) is 2.86. The first-order chi connectivity index (χ1) is 13.5. The Hall–Kier alpha value is -3.35. The highest BCUT2D eigenvalue weighted by Gasteiger charge is 2.27. The summed E-state index contributed by atoms with van der Waals surface area (Å²) >= 11 is 0. The van der Waals surface area contributed by atoms with Gasteiger partial charge in [-0.3, -0.25) is 19.3 Å². The van der Waals surface area contributed by atoms with Gasteiger partial charge >= 0.3 is 5.97 Å². The van der Waals surface area contributed by atoms with Crippen molar-refractivity contribution < 1.29 is 28.6 Å². The number of ether oxygens (including phenoxy) is 3. The minimum absolute atomic E-state index is 0.155. The summed E-state index contributed by atoms with van der Waals surface area (Å²) in [6.07, 6.45) is -0.822. The summed E-state index contributed by atoms with van der Waals surface area (Å²) in [7, 11) is 1.54. The predicted molar refractivity (Wildman–Crippen MR) is 102 cm³/mol. The Labute approximate surface area is 162 Å². The van der Waals surface area contributed by atoms with Crippen LogP contribution in [0.15, 0.2) is 48.5 Å². The molecule has 28 heavy (non-hydrogen) atoms. The van der Waals surface area contributed by atoms with Gasteiger partial charge in [0.15, 0.2) is 6.10 Å². The third-order valence-electron chi connectivity index (χ3n) is 4.37. The molecule has 0 aliphatic carbocycles. The van der Waals surface area contributed by atoms with Crippen molar-refractivity contribution in [3.63, 3.8) is 0 Å². The zero-order chi connectivity index (χ0) is 20.1. The van der Waals surface area contributed by atoms with Gasteiger partial charge in [-0.1, -0.05) is 12.1 Å². The molecule has 1 aliphatic rings. The molecule has 0 saturated carbocycles. The Morgan fingerprint density at radius 3 is 2.57 bits per heavy atom. The van der Waals surface area contributed by atoms with Gasteiger partial charge in [0.05, 0.1) is 25.8 Å². The van der Waals surface area contributed by atoms with Crippen LogP contribution in [0, 0.1) is 0 Å². The Balaban J connectivity index is 1.67. The topological polar surface area (TPSA) is 82.1 Å². The molecule has 0 saturated heterocycles. The van der Waals surface area contributed by atoms with E-state index >= 15 is 0 Å². The van der Waals surface area contributed by atoms with E-state index in [0.29, 0.717) is 22.7 Å². The lowest BCUT2D eigenvalue weighted by Gasteiger charge is -2.22. The number of fused-ring (bicyclic) bond motifs is 1. The van der Waals surface area contributed by atoms with E-state index in [1.54, 1.807) is 48.5 Å². The number of hydrogen-bond acceptors (Lipinski definition) is 6. The van der Waals surface area contributed by atoms with Crippen molar-refractivity contribution in [2.45, 2.75) is 19.4 Å². The molecule has 3 rings (SSSR count). The van der Waals surface area contributed by atoms with Crippen LogP contribution in [0.4, 0.5) is 5.69 Å². The molecule has 0 radical (unpaired) electrons. The van der Waals surface area contributed by atoms with E-state index in [1.807, 2.05) is 0 Å². The van der Waals surface area contributed by atoms with Gasteiger partial charge in [0.1, 0.15) is 18.0 Å². The normalized spacial score (nSPS) is 14.4. The van der Waals surface area contributed by atoms with Gasteiger partial charge in [-0.15, -0.1) is 0 Å². The molecule has 1 amide bonds. The number of benzene rings is 2. The second-order valence-corrected chi connectivity index (χ2v) is 6.27. The Morgan fingerprint density at radius 2 is 1.86 bits per heavy atom. The van der Waals surface area contributed by atoms with Crippen LogP contribution in [-0.4, -0.2) is 44.0 Å². The van der Waals surface area contributed by atoms with E-state index in [9.17, 15) is 14.4 Å². The van der Waals surface area contributed by atoms with Crippen molar-refractivity contribution in [3.8, 4) is 11.5 Å². The number of anilines is 1. The molecular formula is C21H21NO6. The highest BCUT2D eigenvalue weighted by molar-refractivity contribution is 6.02. The van der Waals surface area contributed by atoms with E-state index in [1.165, 1.54) is 18.9 Å². The van der Waals surface area contributed by atoms with Crippen LogP contribution >= 0.6 is 0 Å². The lowest BCUT2D eigenvalue weighted by molar-refractivity contribution is -0.145. The average molecular weight is 383 g/mol. The third-order valence-corrected chi connectivity index (χ3v) is 4.37. The summed E-state index contributed by atoms with van der Waals surface area (Å²) in [6, 6.07) is 13.5. The largest absolute Gasteiger partial charge is 0.497 e. The molecule has 7 nitrogen and oxygen atoms in total. The minimum Gasteiger partial charge on any atom is -0.497 e. The molecule has 2 aromatic rings. The van der Waals surface area contributed by atoms with Crippen molar-refractivity contribution in [2.75, 3.05) is 25.2 Å². The van der Waals surface area contributed by atoms with Crippen LogP contribution in [-0.2, 0) is 14.3 Å². The van der Waals surface area contributed by atoms with Crippen LogP contribution in [0.3, 0.4) is 0 Å². The number of methoxy groups -OCH3 is 1. The molecule has 1 heterocycles. The SMILES string of the molecule is COc1ccc(C(=O)[C@@H](C)OC(=O)CN2C(=O)CCOc3ccccc32)cc1. The third kappa shape index (κ3) is 4.31. The summed E-state index contributed by atoms with van der Waals surface area (Å²) in [4.78, 5) is 38.6. The number of para-hydroxylation sites is 2. The van der Waals surface area contributed by atoms with E-state index in [2.05, 4.69) is 0 Å². The number of nitrogens with zero attached hydrogens (tertiary/aromatic N) is 1. The maximum atomic E-state index is 12.5. The number of carbonyl (C=O) groups excluding carboxylic acids is 3. The summed E-state index contributed by atoms with van der Waals surface area (Å²) in [5.74, 6) is -0.0809. The molecule has 7 heteroatoms. The number of hydrogen-bond donors (Lipinski definition) is 0. The number of esters is 1. The van der Waals surface area contributed by atoms with Crippen LogP contribution in [0.2, 0.25) is 0 Å². The van der Waals surface area contributed by atoms with Gasteiger partial charge in [0, 0.05) is 5.56 Å². The monoisotopic (exact) mass is 383 g/mol. The van der Waals surface area contributed by atoms with E-state index in [4.69, 9.17) is 14.2 Å². The molecule has 2 aromatic carbocycles. The standard InChI is InChI=1S/C21H21NO6/c1-14(21(25)15-7-9-16(26-2)10-8-15)28-20(24)13-22-17-5-3-4-6-18(17)27-12-11-19(22)23/h3-10,14H,11-13H2,1-2H3/t14-/m1/s1. The lowest BCUT2D eigenvalue weighted by Crippen LogP contribution is -2.38. The van der Waals surface area contributed by atoms with Gasteiger partial charge < -0.3 is 14.2 Å². The van der Waals surface area contributed by atoms with Crippen molar-refractivity contribution in [2.24, 2.45) is 0 Å². The summed E-state index contributed by atoms with van der Waals surface area (Å²) in [6.45, 7) is 1.46. The molecule has 0 unspecified atom stereocenters. The van der Waals surface area contributed by atoms with E-state index in [-0.39, 0.29) is 31.3 Å². The fraction of sp³-hybridized carbons (Fsp3) is 0.286. The first-order valence-corrected chi connectivity index (χ1v) is 8.89. The smallest absolute Gasteiger partial charge is 0.326 e. The van der Waals surface area contributed by atoms with Gasteiger partial charge in [-0.2, -0.15) is 0 Å². The molecule has 146 valence electrons. The fourth-order valence-corrected chi connectivity index (χ4v) is 2.90. The maximum absolute atomic E-state index is 12.5. The number of ketones is 1.